The Morgan fingerprint density at radius 1 is 1.75 bits per heavy atom. The molecular weight excluding hydrogens is 172 g/mol. The number of hydrogen-bond acceptors (Lipinski definition) is 3. The van der Waals surface area contributed by atoms with Crippen LogP contribution >= 0.6 is 11.3 Å². The lowest BCUT2D eigenvalue weighted by Crippen LogP contribution is -2.21. The summed E-state index contributed by atoms with van der Waals surface area (Å²) >= 11 is 1.57. The van der Waals surface area contributed by atoms with Gasteiger partial charge in [-0.1, -0.05) is 0 Å². The van der Waals surface area contributed by atoms with Crippen molar-refractivity contribution in [1.82, 2.24) is 9.88 Å². The second-order valence-corrected chi connectivity index (χ2v) is 3.92. The lowest BCUT2D eigenvalue weighted by molar-refractivity contribution is -0.127. The van der Waals surface area contributed by atoms with Gasteiger partial charge in [-0.3, -0.25) is 9.78 Å². The van der Waals surface area contributed by atoms with Crippen LogP contribution in [-0.4, -0.2) is 29.4 Å². The van der Waals surface area contributed by atoms with Gasteiger partial charge in [0, 0.05) is 24.7 Å². The SMILES string of the molecule is CN1CCC(c2cncs2)C1=O. The van der Waals surface area contributed by atoms with Crippen molar-refractivity contribution in [1.29, 1.82) is 0 Å². The number of thiazole rings is 1. The summed E-state index contributed by atoms with van der Waals surface area (Å²) < 4.78 is 0. The first kappa shape index (κ1) is 7.73. The number of hydrogen-bond donors (Lipinski definition) is 0. The molecule has 1 amide bonds. The standard InChI is InChI=1S/C8H10N2OS/c1-10-3-2-6(8(10)11)7-4-9-5-12-7/h4-6H,2-3H2,1H3. The molecule has 3 nitrogen and oxygen atoms in total. The molecule has 2 rings (SSSR count). The Bertz CT molecular complexity index is 283. The summed E-state index contributed by atoms with van der Waals surface area (Å²) in [5.74, 6) is 0.321. The van der Waals surface area contributed by atoms with E-state index in [9.17, 15) is 4.79 Å². The number of carbonyl (C=O) groups excluding carboxylic acids is 1. The average Bonchev–Trinajstić information content (AvgIpc) is 2.64. The second kappa shape index (κ2) is 2.86. The first-order chi connectivity index (χ1) is 5.79. The van der Waals surface area contributed by atoms with Gasteiger partial charge in [0.25, 0.3) is 0 Å². The van der Waals surface area contributed by atoms with E-state index in [4.69, 9.17) is 0 Å². The fourth-order valence-corrected chi connectivity index (χ4v) is 2.23. The molecule has 1 atom stereocenters. The van der Waals surface area contributed by atoms with Gasteiger partial charge in [0.1, 0.15) is 0 Å². The number of likely N-dealkylation sites (N-methyl/N-ethyl adjacent to an activating group) is 1. The van der Waals surface area contributed by atoms with E-state index < -0.39 is 0 Å². The maximum atomic E-state index is 11.5. The van der Waals surface area contributed by atoms with E-state index in [-0.39, 0.29) is 11.8 Å². The van der Waals surface area contributed by atoms with Crippen molar-refractivity contribution >= 4 is 17.2 Å². The highest BCUT2D eigenvalue weighted by Crippen LogP contribution is 2.29. The van der Waals surface area contributed by atoms with Gasteiger partial charge < -0.3 is 4.90 Å². The zero-order valence-electron chi connectivity index (χ0n) is 6.86. The van der Waals surface area contributed by atoms with E-state index in [1.807, 2.05) is 7.05 Å². The summed E-state index contributed by atoms with van der Waals surface area (Å²) in [4.78, 5) is 18.4. The monoisotopic (exact) mass is 182 g/mol. The van der Waals surface area contributed by atoms with Crippen molar-refractivity contribution in [3.05, 3.63) is 16.6 Å². The fraction of sp³-hybridized carbons (Fsp3) is 0.500. The van der Waals surface area contributed by atoms with Crippen molar-refractivity contribution in [2.75, 3.05) is 13.6 Å². The molecule has 4 heteroatoms. The molecule has 1 fully saturated rings. The highest BCUT2D eigenvalue weighted by atomic mass is 32.1. The maximum Gasteiger partial charge on any atom is 0.230 e. The molecule has 12 heavy (non-hydrogen) atoms. The number of carbonyl (C=O) groups is 1. The van der Waals surface area contributed by atoms with Crippen LogP contribution in [0.15, 0.2) is 11.7 Å². The Morgan fingerprint density at radius 2 is 2.58 bits per heavy atom. The number of amides is 1. The Hall–Kier alpha value is -0.900. The van der Waals surface area contributed by atoms with E-state index in [0.29, 0.717) is 0 Å². The summed E-state index contributed by atoms with van der Waals surface area (Å²) in [5, 5.41) is 0. The summed E-state index contributed by atoms with van der Waals surface area (Å²) in [6.07, 6.45) is 2.74. The molecule has 64 valence electrons. The molecule has 1 aromatic heterocycles. The van der Waals surface area contributed by atoms with E-state index in [1.165, 1.54) is 0 Å². The number of aromatic nitrogens is 1. The second-order valence-electron chi connectivity index (χ2n) is 3.00. The first-order valence-corrected chi connectivity index (χ1v) is 4.80. The van der Waals surface area contributed by atoms with Gasteiger partial charge in [0.15, 0.2) is 0 Å². The minimum absolute atomic E-state index is 0.0856. The van der Waals surface area contributed by atoms with E-state index in [2.05, 4.69) is 4.98 Å². The lowest BCUT2D eigenvalue weighted by Gasteiger charge is -2.07. The van der Waals surface area contributed by atoms with Gasteiger partial charge in [-0.15, -0.1) is 11.3 Å². The summed E-state index contributed by atoms with van der Waals surface area (Å²) in [6.45, 7) is 0.876. The molecule has 0 aliphatic carbocycles. The Labute approximate surface area is 75.0 Å². The van der Waals surface area contributed by atoms with Crippen LogP contribution in [0.2, 0.25) is 0 Å². The van der Waals surface area contributed by atoms with Crippen LogP contribution in [0.1, 0.15) is 17.2 Å². The third-order valence-electron chi connectivity index (χ3n) is 2.22. The summed E-state index contributed by atoms with van der Waals surface area (Å²) in [7, 11) is 1.85. The Morgan fingerprint density at radius 3 is 3.08 bits per heavy atom. The minimum atomic E-state index is 0.0856. The molecule has 0 radical (unpaired) electrons. The van der Waals surface area contributed by atoms with Crippen molar-refractivity contribution < 1.29 is 4.79 Å². The van der Waals surface area contributed by atoms with Gasteiger partial charge in [0.05, 0.1) is 11.4 Å². The van der Waals surface area contributed by atoms with Gasteiger partial charge in [-0.25, -0.2) is 0 Å². The molecule has 1 aliphatic heterocycles. The third kappa shape index (κ3) is 1.12. The van der Waals surface area contributed by atoms with Crippen molar-refractivity contribution in [2.45, 2.75) is 12.3 Å². The predicted octanol–water partition coefficient (Wildman–Crippen LogP) is 1.09. The Kier molecular flexibility index (Phi) is 1.84. The van der Waals surface area contributed by atoms with Crippen LogP contribution in [0.3, 0.4) is 0 Å². The highest BCUT2D eigenvalue weighted by Gasteiger charge is 2.31. The van der Waals surface area contributed by atoms with E-state index in [1.54, 1.807) is 27.9 Å². The van der Waals surface area contributed by atoms with Crippen molar-refractivity contribution in [3.8, 4) is 0 Å². The molecule has 0 N–H and O–H groups in total. The van der Waals surface area contributed by atoms with Crippen LogP contribution in [-0.2, 0) is 4.79 Å². The molecular formula is C8H10N2OS. The minimum Gasteiger partial charge on any atom is -0.345 e. The largest absolute Gasteiger partial charge is 0.345 e. The van der Waals surface area contributed by atoms with Crippen molar-refractivity contribution in [2.24, 2.45) is 0 Å². The number of nitrogens with zero attached hydrogens (tertiary/aromatic N) is 2. The normalized spacial score (nSPS) is 23.6. The van der Waals surface area contributed by atoms with Gasteiger partial charge >= 0.3 is 0 Å². The molecule has 1 unspecified atom stereocenters. The van der Waals surface area contributed by atoms with Crippen LogP contribution in [0.25, 0.3) is 0 Å². The molecule has 1 aliphatic rings. The Balaban J connectivity index is 2.22. The number of rotatable bonds is 1. The van der Waals surface area contributed by atoms with Gasteiger partial charge in [-0.2, -0.15) is 0 Å². The summed E-state index contributed by atoms with van der Waals surface area (Å²) in [5.41, 5.74) is 1.78. The zero-order chi connectivity index (χ0) is 8.55. The smallest absolute Gasteiger partial charge is 0.230 e. The molecule has 2 heterocycles. The lowest BCUT2D eigenvalue weighted by atomic mass is 10.1. The van der Waals surface area contributed by atoms with Crippen molar-refractivity contribution in [3.63, 3.8) is 0 Å². The first-order valence-electron chi connectivity index (χ1n) is 3.92. The van der Waals surface area contributed by atoms with Crippen LogP contribution in [0.5, 0.6) is 0 Å². The molecule has 0 aromatic carbocycles. The van der Waals surface area contributed by atoms with Crippen LogP contribution < -0.4 is 0 Å². The van der Waals surface area contributed by atoms with Gasteiger partial charge in [0.2, 0.25) is 5.91 Å². The van der Waals surface area contributed by atoms with Crippen LogP contribution in [0.4, 0.5) is 0 Å². The summed E-state index contributed by atoms with van der Waals surface area (Å²) in [6, 6.07) is 0. The molecule has 1 aromatic rings. The predicted molar refractivity (Wildman–Crippen MR) is 47.1 cm³/mol. The van der Waals surface area contributed by atoms with E-state index in [0.717, 1.165) is 17.8 Å². The van der Waals surface area contributed by atoms with Crippen LogP contribution in [0, 0.1) is 0 Å². The van der Waals surface area contributed by atoms with E-state index >= 15 is 0 Å². The maximum absolute atomic E-state index is 11.5. The topological polar surface area (TPSA) is 33.2 Å². The molecule has 0 saturated carbocycles. The zero-order valence-corrected chi connectivity index (χ0v) is 7.67. The quantitative estimate of drug-likeness (QED) is 0.651. The molecule has 0 bridgehead atoms. The fourth-order valence-electron chi connectivity index (χ4n) is 1.48. The third-order valence-corrected chi connectivity index (χ3v) is 3.11. The van der Waals surface area contributed by atoms with Gasteiger partial charge in [-0.05, 0) is 6.42 Å². The average molecular weight is 182 g/mol. The molecule has 1 saturated heterocycles. The number of likely N-dealkylation sites (tertiary alicyclic amines) is 1. The highest BCUT2D eigenvalue weighted by molar-refractivity contribution is 7.09. The molecule has 0 spiro atoms.